The maximum Gasteiger partial charge on any atom is 0.302 e. The Hall–Kier alpha value is -2.53. The minimum atomic E-state index is -0.245. The van der Waals surface area contributed by atoms with E-state index in [2.05, 4.69) is 9.25 Å². The molecule has 0 aliphatic rings. The Morgan fingerprint density at radius 1 is 1.05 bits per heavy atom. The van der Waals surface area contributed by atoms with Crippen molar-refractivity contribution >= 4 is 35.1 Å². The first kappa shape index (κ1) is 17.5. The first-order valence-corrected chi connectivity index (χ1v) is 6.83. The van der Waals surface area contributed by atoms with Crippen molar-refractivity contribution in [2.24, 2.45) is 10.2 Å². The van der Waals surface area contributed by atoms with Crippen LogP contribution in [-0.2, 0) is 9.53 Å². The number of ether oxygens (including phenoxy) is 1. The van der Waals surface area contributed by atoms with E-state index in [1.54, 1.807) is 4.90 Å². The Bertz CT molecular complexity index is 564. The van der Waals surface area contributed by atoms with Crippen molar-refractivity contribution in [3.8, 4) is 0 Å². The Balaban J connectivity index is 0.000000422. The van der Waals surface area contributed by atoms with E-state index < -0.39 is 0 Å². The molecule has 6 heteroatoms. The van der Waals surface area contributed by atoms with Gasteiger partial charge in [-0.1, -0.05) is 36.4 Å². The summed E-state index contributed by atoms with van der Waals surface area (Å²) in [6.45, 7) is 1.36. The van der Waals surface area contributed by atoms with Gasteiger partial charge in [0.25, 0.3) is 0 Å². The van der Waals surface area contributed by atoms with Crippen LogP contribution < -0.4 is 10.6 Å². The van der Waals surface area contributed by atoms with Gasteiger partial charge in [-0.25, -0.2) is 0 Å². The van der Waals surface area contributed by atoms with Crippen LogP contribution >= 0.6 is 11.8 Å². The van der Waals surface area contributed by atoms with E-state index in [1.165, 1.54) is 14.0 Å². The molecule has 0 spiro atoms. The predicted octanol–water partition coefficient (Wildman–Crippen LogP) is 3.47. The molecule has 2 aromatic carbocycles. The fourth-order valence-electron chi connectivity index (χ4n) is 1.61. The van der Waals surface area contributed by atoms with Gasteiger partial charge < -0.3 is 10.5 Å². The number of hydrogen-bond acceptors (Lipinski definition) is 3. The second-order valence-corrected chi connectivity index (χ2v) is 4.31. The van der Waals surface area contributed by atoms with Crippen molar-refractivity contribution in [2.75, 3.05) is 12.0 Å². The normalized spacial score (nSPS) is 10.2. The number of esters is 1. The number of hydrogen-bond donors (Lipinski definition) is 1. The number of anilines is 2. The number of guanidine groups is 1. The average molecular weight is 320 g/mol. The van der Waals surface area contributed by atoms with Gasteiger partial charge in [-0.05, 0) is 24.3 Å². The third-order valence-electron chi connectivity index (χ3n) is 2.63. The summed E-state index contributed by atoms with van der Waals surface area (Å²) in [5, 5.41) is 0. The van der Waals surface area contributed by atoms with E-state index in [0.29, 0.717) is 0 Å². The quantitative estimate of drug-likeness (QED) is 0.523. The maximum atomic E-state index is 9.59. The first-order chi connectivity index (χ1) is 10.6. The zero-order chi connectivity index (χ0) is 16.4. The molecule has 0 heterocycles. The van der Waals surface area contributed by atoms with Gasteiger partial charge in [0.2, 0.25) is 5.96 Å². The highest BCUT2D eigenvalue weighted by Crippen LogP contribution is 2.24. The van der Waals surface area contributed by atoms with Crippen LogP contribution in [0.15, 0.2) is 65.2 Å². The molecule has 0 amide bonds. The highest BCUT2D eigenvalue weighted by Gasteiger charge is 2.12. The summed E-state index contributed by atoms with van der Waals surface area (Å²) in [5.74, 6) is -0.00549. The maximum absolute atomic E-state index is 9.59. The van der Waals surface area contributed by atoms with E-state index in [9.17, 15) is 4.79 Å². The predicted molar refractivity (Wildman–Crippen MR) is 90.2 cm³/mol. The van der Waals surface area contributed by atoms with Crippen molar-refractivity contribution in [2.45, 2.75) is 6.92 Å². The molecule has 2 rings (SSSR count). The fraction of sp³-hybridized carbons (Fsp3) is 0.125. The number of halogens is 1. The van der Waals surface area contributed by atoms with Gasteiger partial charge in [-0.15, -0.1) is 4.51 Å². The molecule has 116 valence electrons. The highest BCUT2D eigenvalue weighted by molar-refractivity contribution is 6.22. The molecule has 0 radical (unpaired) electrons. The molecule has 0 atom stereocenters. The van der Waals surface area contributed by atoms with E-state index in [4.69, 9.17) is 17.5 Å². The molecule has 22 heavy (non-hydrogen) atoms. The van der Waals surface area contributed by atoms with Crippen LogP contribution in [0.2, 0.25) is 0 Å². The number of carbonyl (C=O) groups is 1. The summed E-state index contributed by atoms with van der Waals surface area (Å²) in [6.07, 6.45) is 0. The smallest absolute Gasteiger partial charge is 0.302 e. The molecule has 5 nitrogen and oxygen atoms in total. The van der Waals surface area contributed by atoms with Gasteiger partial charge in [0.05, 0.1) is 7.11 Å². The minimum absolute atomic E-state index is 0.240. The second-order valence-electron chi connectivity index (χ2n) is 4.14. The zero-order valence-corrected chi connectivity index (χ0v) is 13.2. The topological polar surface area (TPSA) is 67.9 Å². The summed E-state index contributed by atoms with van der Waals surface area (Å²) in [7, 11) is 1.35. The third-order valence-corrected chi connectivity index (χ3v) is 2.81. The zero-order valence-electron chi connectivity index (χ0n) is 12.4. The van der Waals surface area contributed by atoms with Gasteiger partial charge in [0, 0.05) is 30.1 Å². The number of benzene rings is 2. The molecule has 0 aliphatic heterocycles. The van der Waals surface area contributed by atoms with Crippen LogP contribution in [-0.4, -0.2) is 19.0 Å². The molecule has 0 saturated carbocycles. The van der Waals surface area contributed by atoms with Crippen LogP contribution in [0.3, 0.4) is 0 Å². The Morgan fingerprint density at radius 2 is 1.41 bits per heavy atom. The van der Waals surface area contributed by atoms with Crippen molar-refractivity contribution in [3.63, 3.8) is 0 Å². The lowest BCUT2D eigenvalue weighted by Crippen LogP contribution is -2.32. The van der Waals surface area contributed by atoms with Crippen molar-refractivity contribution < 1.29 is 9.53 Å². The summed E-state index contributed by atoms with van der Waals surface area (Å²) in [4.78, 5) is 11.4. The lowest BCUT2D eigenvalue weighted by Gasteiger charge is -2.22. The molecular weight excluding hydrogens is 302 g/mol. The summed E-state index contributed by atoms with van der Waals surface area (Å²) in [5.41, 5.74) is 7.66. The van der Waals surface area contributed by atoms with Crippen molar-refractivity contribution in [1.29, 1.82) is 0 Å². The lowest BCUT2D eigenvalue weighted by molar-refractivity contribution is -0.137. The van der Waals surface area contributed by atoms with Crippen molar-refractivity contribution in [3.05, 3.63) is 60.7 Å². The van der Waals surface area contributed by atoms with E-state index in [1.807, 2.05) is 60.7 Å². The molecule has 0 aromatic heterocycles. The molecular formula is C16H18ClN3O2. The Kier molecular flexibility index (Phi) is 7.50. The Morgan fingerprint density at radius 3 is 1.68 bits per heavy atom. The van der Waals surface area contributed by atoms with Crippen LogP contribution in [0.4, 0.5) is 11.4 Å². The molecule has 0 saturated heterocycles. The van der Waals surface area contributed by atoms with E-state index >= 15 is 0 Å². The first-order valence-electron chi connectivity index (χ1n) is 6.49. The van der Waals surface area contributed by atoms with Crippen molar-refractivity contribution in [1.82, 2.24) is 0 Å². The van der Waals surface area contributed by atoms with Gasteiger partial charge in [0.1, 0.15) is 0 Å². The van der Waals surface area contributed by atoms with Gasteiger partial charge in [-0.2, -0.15) is 0 Å². The largest absolute Gasteiger partial charge is 0.469 e. The van der Waals surface area contributed by atoms with Crippen LogP contribution in [0.25, 0.3) is 0 Å². The number of methoxy groups -OCH3 is 1. The number of nitrogens with zero attached hydrogens (tertiary/aromatic N) is 2. The second kappa shape index (κ2) is 9.41. The number of carbonyl (C=O) groups excluding carboxylic acids is 1. The number of nitrogens with two attached hydrogens (primary N) is 1. The van der Waals surface area contributed by atoms with Crippen LogP contribution in [0.1, 0.15) is 6.92 Å². The molecule has 2 N–H and O–H groups in total. The monoisotopic (exact) mass is 319 g/mol. The average Bonchev–Trinajstić information content (AvgIpc) is 2.57. The summed E-state index contributed by atoms with van der Waals surface area (Å²) >= 11 is 5.47. The van der Waals surface area contributed by atoms with Gasteiger partial charge in [-0.3, -0.25) is 9.69 Å². The highest BCUT2D eigenvalue weighted by atomic mass is 35.5. The molecule has 2 aromatic rings. The standard InChI is InChI=1S/C13H12ClN3.C3H6O2/c14-16-13(15)17(11-7-3-1-4-8-11)12-9-5-2-6-10-12;1-3(4)5-2/h1-10H,(H2,15,16);1-2H3. The van der Waals surface area contributed by atoms with E-state index in [-0.39, 0.29) is 11.9 Å². The van der Waals surface area contributed by atoms with Gasteiger partial charge >= 0.3 is 5.97 Å². The molecule has 0 unspecified atom stereocenters. The number of para-hydroxylation sites is 2. The third kappa shape index (κ3) is 5.46. The Labute approximate surface area is 135 Å². The van der Waals surface area contributed by atoms with Crippen LogP contribution in [0.5, 0.6) is 0 Å². The fourth-order valence-corrected chi connectivity index (χ4v) is 1.68. The lowest BCUT2D eigenvalue weighted by atomic mass is 10.2. The van der Waals surface area contributed by atoms with Gasteiger partial charge in [0.15, 0.2) is 0 Å². The number of rotatable bonds is 2. The molecule has 0 aliphatic carbocycles. The van der Waals surface area contributed by atoms with E-state index in [0.717, 1.165) is 11.4 Å². The SMILES string of the molecule is COC(C)=O.NC(=NCl)N(c1ccccc1)c1ccccc1. The van der Waals surface area contributed by atoms with Crippen LogP contribution in [0, 0.1) is 0 Å². The summed E-state index contributed by atoms with van der Waals surface area (Å²) < 4.78 is 7.65. The minimum Gasteiger partial charge on any atom is -0.469 e. The molecule has 0 bridgehead atoms. The molecule has 0 fully saturated rings. The summed E-state index contributed by atoms with van der Waals surface area (Å²) in [6, 6.07) is 19.4.